The number of benzene rings is 2. The van der Waals surface area contributed by atoms with Crippen molar-refractivity contribution in [2.45, 2.75) is 13.5 Å². The van der Waals surface area contributed by atoms with E-state index < -0.39 is 0 Å². The number of halogens is 1. The lowest BCUT2D eigenvalue weighted by Crippen LogP contribution is -2.49. The molecule has 0 radical (unpaired) electrons. The number of para-hydroxylation sites is 1. The molecule has 1 aliphatic rings. The minimum Gasteiger partial charge on any atom is -0.368 e. The highest BCUT2D eigenvalue weighted by Crippen LogP contribution is 2.26. The number of hydrogen-bond donors (Lipinski definition) is 0. The fourth-order valence-corrected chi connectivity index (χ4v) is 3.55. The molecule has 1 amide bonds. The number of piperazine rings is 1. The zero-order chi connectivity index (χ0) is 18.5. The van der Waals surface area contributed by atoms with E-state index in [1.54, 1.807) is 0 Å². The molecule has 1 heterocycles. The first kappa shape index (κ1) is 18.7. The summed E-state index contributed by atoms with van der Waals surface area (Å²) in [5, 5.41) is 0.787. The Kier molecular flexibility index (Phi) is 6.17. The summed E-state index contributed by atoms with van der Waals surface area (Å²) in [5.74, 6) is 0.166. The normalized spacial score (nSPS) is 15.1. The third-order valence-electron chi connectivity index (χ3n) is 5.02. The smallest absolute Gasteiger partial charge is 0.236 e. The maximum absolute atomic E-state index is 12.6. The number of nitrogens with zero attached hydrogens (tertiary/aromatic N) is 3. The third kappa shape index (κ3) is 4.57. The maximum atomic E-state index is 12.6. The molecule has 1 fully saturated rings. The summed E-state index contributed by atoms with van der Waals surface area (Å²) in [6.07, 6.45) is 0. The van der Waals surface area contributed by atoms with E-state index in [9.17, 15) is 4.79 Å². The highest BCUT2D eigenvalue weighted by molar-refractivity contribution is 6.33. The quantitative estimate of drug-likeness (QED) is 0.805. The third-order valence-corrected chi connectivity index (χ3v) is 5.34. The molecule has 0 unspecified atom stereocenters. The van der Waals surface area contributed by atoms with Crippen molar-refractivity contribution in [3.8, 4) is 0 Å². The first-order valence-electron chi connectivity index (χ1n) is 9.05. The topological polar surface area (TPSA) is 26.8 Å². The summed E-state index contributed by atoms with van der Waals surface area (Å²) >= 11 is 6.29. The van der Waals surface area contributed by atoms with Gasteiger partial charge in [0.15, 0.2) is 0 Å². The Labute approximate surface area is 161 Å². The lowest BCUT2D eigenvalue weighted by molar-refractivity contribution is -0.131. The summed E-state index contributed by atoms with van der Waals surface area (Å²) in [5.41, 5.74) is 3.50. The van der Waals surface area contributed by atoms with Gasteiger partial charge in [0, 0.05) is 39.8 Å². The highest BCUT2D eigenvalue weighted by atomic mass is 35.5. The SMILES string of the molecule is Cc1ccccc1CN(C)C(=O)CN1CCN(c2ccccc2Cl)CC1. The van der Waals surface area contributed by atoms with Gasteiger partial charge in [-0.25, -0.2) is 0 Å². The molecule has 0 spiro atoms. The van der Waals surface area contributed by atoms with Gasteiger partial charge >= 0.3 is 0 Å². The molecule has 138 valence electrons. The minimum atomic E-state index is 0.166. The fraction of sp³-hybridized carbons (Fsp3) is 0.381. The van der Waals surface area contributed by atoms with Crippen molar-refractivity contribution in [3.63, 3.8) is 0 Å². The average Bonchev–Trinajstić information content (AvgIpc) is 2.65. The van der Waals surface area contributed by atoms with Crippen LogP contribution in [0.4, 0.5) is 5.69 Å². The van der Waals surface area contributed by atoms with Crippen molar-refractivity contribution in [3.05, 3.63) is 64.7 Å². The molecule has 5 heteroatoms. The number of rotatable bonds is 5. The van der Waals surface area contributed by atoms with E-state index in [1.807, 2.05) is 42.3 Å². The Morgan fingerprint density at radius 2 is 1.69 bits per heavy atom. The molecule has 0 aliphatic carbocycles. The maximum Gasteiger partial charge on any atom is 0.236 e. The summed E-state index contributed by atoms with van der Waals surface area (Å²) in [7, 11) is 1.88. The lowest BCUT2D eigenvalue weighted by Gasteiger charge is -2.36. The van der Waals surface area contributed by atoms with Crippen molar-refractivity contribution in [1.82, 2.24) is 9.80 Å². The molecule has 0 atom stereocenters. The second kappa shape index (κ2) is 8.56. The van der Waals surface area contributed by atoms with Gasteiger partial charge in [-0.05, 0) is 30.2 Å². The van der Waals surface area contributed by atoms with Gasteiger partial charge in [-0.3, -0.25) is 9.69 Å². The molecule has 3 rings (SSSR count). The highest BCUT2D eigenvalue weighted by Gasteiger charge is 2.21. The number of likely N-dealkylation sites (N-methyl/N-ethyl adjacent to an activating group) is 1. The van der Waals surface area contributed by atoms with E-state index in [0.29, 0.717) is 13.1 Å². The van der Waals surface area contributed by atoms with Gasteiger partial charge in [0.05, 0.1) is 17.3 Å². The van der Waals surface area contributed by atoms with E-state index in [0.717, 1.165) is 36.9 Å². The van der Waals surface area contributed by atoms with Crippen LogP contribution < -0.4 is 4.90 Å². The molecule has 4 nitrogen and oxygen atoms in total. The van der Waals surface area contributed by atoms with Crippen LogP contribution in [0.5, 0.6) is 0 Å². The van der Waals surface area contributed by atoms with Gasteiger partial charge in [0.1, 0.15) is 0 Å². The minimum absolute atomic E-state index is 0.166. The summed E-state index contributed by atoms with van der Waals surface area (Å²) < 4.78 is 0. The van der Waals surface area contributed by atoms with Crippen LogP contribution in [0, 0.1) is 6.92 Å². The molecule has 26 heavy (non-hydrogen) atoms. The van der Waals surface area contributed by atoms with Gasteiger partial charge < -0.3 is 9.80 Å². The molecule has 1 saturated heterocycles. The number of aryl methyl sites for hydroxylation is 1. The van der Waals surface area contributed by atoms with Gasteiger partial charge in [0.25, 0.3) is 0 Å². The van der Waals surface area contributed by atoms with Crippen LogP contribution in [0.25, 0.3) is 0 Å². The van der Waals surface area contributed by atoms with Crippen LogP contribution in [0.2, 0.25) is 5.02 Å². The van der Waals surface area contributed by atoms with E-state index in [-0.39, 0.29) is 5.91 Å². The van der Waals surface area contributed by atoms with Crippen molar-refractivity contribution in [2.24, 2.45) is 0 Å². The van der Waals surface area contributed by atoms with Crippen LogP contribution in [0.3, 0.4) is 0 Å². The van der Waals surface area contributed by atoms with E-state index >= 15 is 0 Å². The Bertz CT molecular complexity index is 756. The predicted octanol–water partition coefficient (Wildman–Crippen LogP) is 3.43. The molecule has 0 saturated carbocycles. The molecule has 2 aromatic carbocycles. The largest absolute Gasteiger partial charge is 0.368 e. The van der Waals surface area contributed by atoms with Crippen LogP contribution >= 0.6 is 11.6 Å². The first-order valence-corrected chi connectivity index (χ1v) is 9.42. The Balaban J connectivity index is 1.50. The monoisotopic (exact) mass is 371 g/mol. The van der Waals surface area contributed by atoms with Crippen molar-refractivity contribution in [2.75, 3.05) is 44.7 Å². The van der Waals surface area contributed by atoms with Crippen LogP contribution in [0.1, 0.15) is 11.1 Å². The second-order valence-corrected chi connectivity index (χ2v) is 7.30. The number of amides is 1. The molecule has 0 bridgehead atoms. The van der Waals surface area contributed by atoms with Crippen LogP contribution in [-0.2, 0) is 11.3 Å². The van der Waals surface area contributed by atoms with Crippen molar-refractivity contribution >= 4 is 23.2 Å². The molecule has 0 aromatic heterocycles. The molecular formula is C21H26ClN3O. The van der Waals surface area contributed by atoms with Gasteiger partial charge in [-0.15, -0.1) is 0 Å². The van der Waals surface area contributed by atoms with E-state index in [1.165, 1.54) is 11.1 Å². The summed E-state index contributed by atoms with van der Waals surface area (Å²) in [6, 6.07) is 16.2. The van der Waals surface area contributed by atoms with Crippen molar-refractivity contribution < 1.29 is 4.79 Å². The van der Waals surface area contributed by atoms with Crippen LogP contribution in [-0.4, -0.2) is 55.5 Å². The zero-order valence-electron chi connectivity index (χ0n) is 15.5. The number of hydrogen-bond acceptors (Lipinski definition) is 3. The van der Waals surface area contributed by atoms with Gasteiger partial charge in [-0.2, -0.15) is 0 Å². The Morgan fingerprint density at radius 1 is 1.04 bits per heavy atom. The lowest BCUT2D eigenvalue weighted by atomic mass is 10.1. The molecule has 0 N–H and O–H groups in total. The van der Waals surface area contributed by atoms with Gasteiger partial charge in [-0.1, -0.05) is 48.0 Å². The fourth-order valence-electron chi connectivity index (χ4n) is 3.30. The molecule has 2 aromatic rings. The second-order valence-electron chi connectivity index (χ2n) is 6.89. The summed E-state index contributed by atoms with van der Waals surface area (Å²) in [4.78, 5) is 18.9. The summed E-state index contributed by atoms with van der Waals surface area (Å²) in [6.45, 7) is 6.73. The first-order chi connectivity index (χ1) is 12.5. The Morgan fingerprint density at radius 3 is 2.38 bits per heavy atom. The predicted molar refractivity (Wildman–Crippen MR) is 108 cm³/mol. The average molecular weight is 372 g/mol. The molecular weight excluding hydrogens is 346 g/mol. The molecule has 1 aliphatic heterocycles. The number of carbonyl (C=O) groups is 1. The zero-order valence-corrected chi connectivity index (χ0v) is 16.2. The van der Waals surface area contributed by atoms with Crippen molar-refractivity contribution in [1.29, 1.82) is 0 Å². The van der Waals surface area contributed by atoms with E-state index in [2.05, 4.69) is 34.9 Å². The van der Waals surface area contributed by atoms with Gasteiger partial charge in [0.2, 0.25) is 5.91 Å². The van der Waals surface area contributed by atoms with Crippen LogP contribution in [0.15, 0.2) is 48.5 Å². The number of carbonyl (C=O) groups excluding carboxylic acids is 1. The number of anilines is 1. The standard InChI is InChI=1S/C21H26ClN3O/c1-17-7-3-4-8-18(17)15-23(2)21(26)16-24-11-13-25(14-12-24)20-10-6-5-9-19(20)22/h3-10H,11-16H2,1-2H3. The van der Waals surface area contributed by atoms with E-state index in [4.69, 9.17) is 11.6 Å². The Hall–Kier alpha value is -2.04.